The molecule has 22 heavy (non-hydrogen) atoms. The van der Waals surface area contributed by atoms with Crippen molar-refractivity contribution in [1.82, 2.24) is 0 Å². The minimum absolute atomic E-state index is 0.152. The first-order valence-corrected chi connectivity index (χ1v) is 8.05. The Hall–Kier alpha value is -1.84. The number of unbranched alkanes of at least 4 members (excludes halogenated alkanes) is 2. The van der Waals surface area contributed by atoms with Crippen LogP contribution in [-0.4, -0.2) is 25.2 Å². The van der Waals surface area contributed by atoms with Gasteiger partial charge in [-0.1, -0.05) is 57.9 Å². The number of hydrogen-bond acceptors (Lipinski definition) is 4. The van der Waals surface area contributed by atoms with Crippen LogP contribution in [0.25, 0.3) is 0 Å². The quantitative estimate of drug-likeness (QED) is 0.506. The third-order valence-electron chi connectivity index (χ3n) is 3.32. The van der Waals surface area contributed by atoms with E-state index in [1.165, 1.54) is 0 Å². The molecule has 0 aromatic heterocycles. The molecule has 0 amide bonds. The van der Waals surface area contributed by atoms with Crippen LogP contribution >= 0.6 is 0 Å². The molecule has 4 nitrogen and oxygen atoms in total. The van der Waals surface area contributed by atoms with E-state index in [-0.39, 0.29) is 17.1 Å². The molecule has 0 bridgehead atoms. The third-order valence-corrected chi connectivity index (χ3v) is 3.32. The monoisotopic (exact) mass is 306 g/mol. The van der Waals surface area contributed by atoms with Crippen LogP contribution in [0.1, 0.15) is 46.5 Å². The zero-order valence-corrected chi connectivity index (χ0v) is 13.8. The van der Waals surface area contributed by atoms with E-state index >= 15 is 0 Å². The van der Waals surface area contributed by atoms with Crippen LogP contribution in [0.5, 0.6) is 0 Å². The van der Waals surface area contributed by atoms with Gasteiger partial charge in [0.2, 0.25) is 0 Å². The van der Waals surface area contributed by atoms with Crippen molar-refractivity contribution in [3.05, 3.63) is 35.5 Å². The second-order valence-electron chi connectivity index (χ2n) is 5.38. The van der Waals surface area contributed by atoms with Gasteiger partial charge < -0.3 is 9.47 Å². The van der Waals surface area contributed by atoms with Crippen LogP contribution in [0, 0.1) is 5.92 Å². The van der Waals surface area contributed by atoms with E-state index in [2.05, 4.69) is 0 Å². The molecule has 0 aliphatic heterocycles. The molecular weight excluding hydrogens is 280 g/mol. The standard InChI is InChI=1S/C18H26O4/c1-4-6-12-21-17(19)15-10-8-14(3)9-11-16(15)18(20)22-13-7-5-2/h8-11,14H,4-7,12-13H2,1-3H3. The normalized spacial score (nSPS) is 14.9. The van der Waals surface area contributed by atoms with Crippen LogP contribution in [0.4, 0.5) is 0 Å². The highest BCUT2D eigenvalue weighted by molar-refractivity contribution is 6.04. The Bertz CT molecular complexity index is 429. The van der Waals surface area contributed by atoms with Gasteiger partial charge in [0.25, 0.3) is 0 Å². The summed E-state index contributed by atoms with van der Waals surface area (Å²) in [7, 11) is 0. The van der Waals surface area contributed by atoms with Crippen LogP contribution in [-0.2, 0) is 19.1 Å². The average molecular weight is 306 g/mol. The molecule has 0 unspecified atom stereocenters. The maximum Gasteiger partial charge on any atom is 0.338 e. The fraction of sp³-hybridized carbons (Fsp3) is 0.556. The molecule has 0 atom stereocenters. The van der Waals surface area contributed by atoms with Crippen LogP contribution in [0.2, 0.25) is 0 Å². The second-order valence-corrected chi connectivity index (χ2v) is 5.38. The van der Waals surface area contributed by atoms with Gasteiger partial charge in [-0.15, -0.1) is 0 Å². The van der Waals surface area contributed by atoms with Gasteiger partial charge in [-0.25, -0.2) is 9.59 Å². The molecule has 0 aromatic carbocycles. The number of allylic oxidation sites excluding steroid dienone is 2. The Morgan fingerprint density at radius 3 is 1.68 bits per heavy atom. The predicted octanol–water partition coefficient (Wildman–Crippen LogP) is 3.73. The molecule has 0 N–H and O–H groups in total. The summed E-state index contributed by atoms with van der Waals surface area (Å²) in [5.74, 6) is -0.781. The Balaban J connectivity index is 2.89. The summed E-state index contributed by atoms with van der Waals surface area (Å²) in [6.45, 7) is 6.77. The second kappa shape index (κ2) is 9.98. The maximum atomic E-state index is 12.2. The first kappa shape index (κ1) is 18.2. The largest absolute Gasteiger partial charge is 0.462 e. The van der Waals surface area contributed by atoms with E-state index < -0.39 is 11.9 Å². The Labute approximate surface area is 132 Å². The van der Waals surface area contributed by atoms with Crippen molar-refractivity contribution in [3.8, 4) is 0 Å². The molecule has 1 aliphatic rings. The third kappa shape index (κ3) is 5.88. The van der Waals surface area contributed by atoms with Gasteiger partial charge in [0.15, 0.2) is 0 Å². The predicted molar refractivity (Wildman–Crippen MR) is 86.2 cm³/mol. The van der Waals surface area contributed by atoms with Crippen molar-refractivity contribution in [2.45, 2.75) is 46.5 Å². The van der Waals surface area contributed by atoms with Crippen LogP contribution in [0.3, 0.4) is 0 Å². The molecule has 0 fully saturated rings. The summed E-state index contributed by atoms with van der Waals surface area (Å²) in [5, 5.41) is 0. The molecule has 0 aromatic rings. The Kier molecular flexibility index (Phi) is 8.26. The van der Waals surface area contributed by atoms with E-state index in [4.69, 9.17) is 9.47 Å². The molecular formula is C18H26O4. The summed E-state index contributed by atoms with van der Waals surface area (Å²) in [6, 6.07) is 0. The van der Waals surface area contributed by atoms with Crippen molar-refractivity contribution >= 4 is 11.9 Å². The fourth-order valence-electron chi connectivity index (χ4n) is 1.87. The Morgan fingerprint density at radius 2 is 1.32 bits per heavy atom. The van der Waals surface area contributed by atoms with E-state index in [0.29, 0.717) is 13.2 Å². The fourth-order valence-corrected chi connectivity index (χ4v) is 1.87. The highest BCUT2D eigenvalue weighted by Gasteiger charge is 2.21. The van der Waals surface area contributed by atoms with Gasteiger partial charge in [-0.2, -0.15) is 0 Å². The highest BCUT2D eigenvalue weighted by atomic mass is 16.5. The molecule has 122 valence electrons. The minimum Gasteiger partial charge on any atom is -0.462 e. The molecule has 0 radical (unpaired) electrons. The number of hydrogen-bond donors (Lipinski definition) is 0. The lowest BCUT2D eigenvalue weighted by Crippen LogP contribution is -2.15. The molecule has 0 saturated heterocycles. The molecule has 4 heteroatoms. The van der Waals surface area contributed by atoms with Gasteiger partial charge in [0.05, 0.1) is 24.4 Å². The molecule has 0 spiro atoms. The van der Waals surface area contributed by atoms with E-state index in [1.54, 1.807) is 12.2 Å². The lowest BCUT2D eigenvalue weighted by molar-refractivity contribution is -0.141. The summed E-state index contributed by atoms with van der Waals surface area (Å²) in [4.78, 5) is 24.4. The smallest absolute Gasteiger partial charge is 0.338 e. The summed E-state index contributed by atoms with van der Waals surface area (Å²) >= 11 is 0. The number of ether oxygens (including phenoxy) is 2. The SMILES string of the molecule is CCCCOC(=O)C1=C(C(=O)OCCCC)C=CC(C)C=C1. The van der Waals surface area contributed by atoms with Gasteiger partial charge in [0.1, 0.15) is 0 Å². The van der Waals surface area contributed by atoms with Crippen molar-refractivity contribution in [3.63, 3.8) is 0 Å². The molecule has 0 saturated carbocycles. The molecule has 1 rings (SSSR count). The van der Waals surface area contributed by atoms with Gasteiger partial charge in [-0.05, 0) is 18.8 Å². The highest BCUT2D eigenvalue weighted by Crippen LogP contribution is 2.19. The minimum atomic E-state index is -0.467. The Morgan fingerprint density at radius 1 is 0.909 bits per heavy atom. The number of carbonyl (C=O) groups is 2. The van der Waals surface area contributed by atoms with Crippen molar-refractivity contribution in [2.24, 2.45) is 5.92 Å². The first-order valence-electron chi connectivity index (χ1n) is 8.05. The number of carbonyl (C=O) groups excluding carboxylic acids is 2. The van der Waals surface area contributed by atoms with Crippen molar-refractivity contribution < 1.29 is 19.1 Å². The van der Waals surface area contributed by atoms with Crippen molar-refractivity contribution in [1.29, 1.82) is 0 Å². The lowest BCUT2D eigenvalue weighted by atomic mass is 10.1. The van der Waals surface area contributed by atoms with E-state index in [9.17, 15) is 9.59 Å². The average Bonchev–Trinajstić information content (AvgIpc) is 2.69. The lowest BCUT2D eigenvalue weighted by Gasteiger charge is -2.09. The summed E-state index contributed by atoms with van der Waals surface area (Å²) in [5.41, 5.74) is 0.552. The van der Waals surface area contributed by atoms with Crippen LogP contribution < -0.4 is 0 Å². The zero-order chi connectivity index (χ0) is 16.4. The molecule has 0 heterocycles. The van der Waals surface area contributed by atoms with E-state index in [1.807, 2.05) is 32.9 Å². The van der Waals surface area contributed by atoms with Gasteiger partial charge >= 0.3 is 11.9 Å². The van der Waals surface area contributed by atoms with Crippen molar-refractivity contribution in [2.75, 3.05) is 13.2 Å². The summed E-state index contributed by atoms with van der Waals surface area (Å²) in [6.07, 6.45) is 10.6. The zero-order valence-electron chi connectivity index (χ0n) is 13.8. The van der Waals surface area contributed by atoms with Crippen LogP contribution in [0.15, 0.2) is 35.5 Å². The molecule has 1 aliphatic carbocycles. The summed E-state index contributed by atoms with van der Waals surface area (Å²) < 4.78 is 10.5. The van der Waals surface area contributed by atoms with Gasteiger partial charge in [0, 0.05) is 0 Å². The first-order chi connectivity index (χ1) is 10.6. The van der Waals surface area contributed by atoms with Gasteiger partial charge in [-0.3, -0.25) is 0 Å². The topological polar surface area (TPSA) is 52.6 Å². The number of esters is 2. The maximum absolute atomic E-state index is 12.2. The number of rotatable bonds is 8. The van der Waals surface area contributed by atoms with E-state index in [0.717, 1.165) is 25.7 Å².